The van der Waals surface area contributed by atoms with Gasteiger partial charge in [0.1, 0.15) is 30.8 Å². The first-order valence-corrected chi connectivity index (χ1v) is 17.3. The Bertz CT molecular complexity index is 1090. The monoisotopic (exact) mass is 720 g/mol. The molecule has 0 heterocycles. The summed E-state index contributed by atoms with van der Waals surface area (Å²) >= 11 is 1.36. The zero-order valence-electron chi connectivity index (χ0n) is 30.1. The molecule has 0 aliphatic heterocycles. The lowest BCUT2D eigenvalue weighted by molar-refractivity contribution is -0.157. The Kier molecular flexibility index (Phi) is 26.2. The molecule has 5 unspecified atom stereocenters. The molecular formula is C31H56N6O11S. The van der Waals surface area contributed by atoms with Crippen LogP contribution in [0.15, 0.2) is 0 Å². The Morgan fingerprint density at radius 3 is 1.80 bits per heavy atom. The summed E-state index contributed by atoms with van der Waals surface area (Å²) in [4.78, 5) is 92.6. The van der Waals surface area contributed by atoms with Crippen molar-refractivity contribution < 1.29 is 52.9 Å². The summed E-state index contributed by atoms with van der Waals surface area (Å²) in [7, 11) is 1.52. The number of carbonyl (C=O) groups excluding carboxylic acids is 8. The zero-order valence-corrected chi connectivity index (χ0v) is 30.9. The summed E-state index contributed by atoms with van der Waals surface area (Å²) in [5, 5.41) is 24.2. The topological polar surface area (TPSA) is 247 Å². The summed E-state index contributed by atoms with van der Waals surface area (Å²) in [5.41, 5.74) is 0. The Morgan fingerprint density at radius 2 is 1.33 bits per heavy atom. The van der Waals surface area contributed by atoms with Crippen molar-refractivity contribution in [3.8, 4) is 0 Å². The summed E-state index contributed by atoms with van der Waals surface area (Å²) < 4.78 is 10.2. The zero-order chi connectivity index (χ0) is 38.1. The largest absolute Gasteiger partial charge is 0.462 e. The van der Waals surface area contributed by atoms with Gasteiger partial charge in [0.05, 0.1) is 19.3 Å². The SMILES string of the molecule is CCC(=O)NC(CSCC(COC(=O)CC)OC(=O)CC)C(C)=O.CNC(CO)C(=O)NCNC(=O)C(C)NC(=O)C(NC(C)=O)C(C)C. The third-order valence-corrected chi connectivity index (χ3v) is 7.65. The molecule has 0 fully saturated rings. The quantitative estimate of drug-likeness (QED) is 0.0519. The minimum Gasteiger partial charge on any atom is -0.462 e. The lowest BCUT2D eigenvalue weighted by Crippen LogP contribution is -2.55. The van der Waals surface area contributed by atoms with Gasteiger partial charge in [-0.25, -0.2) is 0 Å². The van der Waals surface area contributed by atoms with E-state index in [0.29, 0.717) is 17.9 Å². The van der Waals surface area contributed by atoms with Crippen molar-refractivity contribution >= 4 is 59.0 Å². The molecule has 0 radical (unpaired) electrons. The molecule has 0 bridgehead atoms. The Hall–Kier alpha value is -3.77. The highest BCUT2D eigenvalue weighted by atomic mass is 32.2. The highest BCUT2D eigenvalue weighted by Gasteiger charge is 2.26. The molecule has 0 aromatic heterocycles. The number of hydrogen-bond donors (Lipinski definition) is 7. The van der Waals surface area contributed by atoms with Crippen LogP contribution < -0.4 is 31.9 Å². The van der Waals surface area contributed by atoms with Crippen molar-refractivity contribution in [2.45, 2.75) is 105 Å². The van der Waals surface area contributed by atoms with Gasteiger partial charge >= 0.3 is 11.9 Å². The second-order valence-corrected chi connectivity index (χ2v) is 12.1. The molecule has 0 aliphatic carbocycles. The van der Waals surface area contributed by atoms with Crippen LogP contribution in [0.25, 0.3) is 0 Å². The molecule has 5 amide bonds. The van der Waals surface area contributed by atoms with Crippen LogP contribution in [0, 0.1) is 5.92 Å². The van der Waals surface area contributed by atoms with Gasteiger partial charge in [-0.15, -0.1) is 0 Å². The number of esters is 2. The number of ether oxygens (including phenoxy) is 2. The van der Waals surface area contributed by atoms with E-state index in [1.165, 1.54) is 39.6 Å². The number of aliphatic hydroxyl groups is 1. The van der Waals surface area contributed by atoms with E-state index in [2.05, 4.69) is 31.9 Å². The third-order valence-electron chi connectivity index (χ3n) is 6.47. The Labute approximate surface area is 292 Å². The molecule has 7 N–H and O–H groups in total. The van der Waals surface area contributed by atoms with E-state index in [1.54, 1.807) is 34.6 Å². The maximum Gasteiger partial charge on any atom is 0.305 e. The highest BCUT2D eigenvalue weighted by molar-refractivity contribution is 7.99. The molecule has 18 heteroatoms. The van der Waals surface area contributed by atoms with Crippen molar-refractivity contribution in [3.63, 3.8) is 0 Å². The number of amides is 5. The maximum absolute atomic E-state index is 12.2. The van der Waals surface area contributed by atoms with Crippen LogP contribution in [0.1, 0.15) is 74.7 Å². The van der Waals surface area contributed by atoms with E-state index in [-0.39, 0.29) is 68.2 Å². The number of likely N-dealkylation sites (N-methyl/N-ethyl adjacent to an activating group) is 1. The fraction of sp³-hybridized carbons (Fsp3) is 0.742. The molecule has 0 aromatic carbocycles. The first kappa shape index (κ1) is 47.3. The van der Waals surface area contributed by atoms with Crippen molar-refractivity contribution in [1.29, 1.82) is 0 Å². The maximum atomic E-state index is 12.2. The van der Waals surface area contributed by atoms with Crippen LogP contribution in [0.5, 0.6) is 0 Å². The van der Waals surface area contributed by atoms with E-state index >= 15 is 0 Å². The van der Waals surface area contributed by atoms with Crippen molar-refractivity contribution in [3.05, 3.63) is 0 Å². The summed E-state index contributed by atoms with van der Waals surface area (Å²) in [6.07, 6.45) is 0.202. The molecule has 49 heavy (non-hydrogen) atoms. The van der Waals surface area contributed by atoms with Crippen LogP contribution in [0.4, 0.5) is 0 Å². The molecule has 0 aliphatic rings. The van der Waals surface area contributed by atoms with Gasteiger partial charge in [0, 0.05) is 37.7 Å². The molecule has 0 aromatic rings. The average molecular weight is 721 g/mol. The van der Waals surface area contributed by atoms with Gasteiger partial charge in [-0.05, 0) is 26.8 Å². The van der Waals surface area contributed by atoms with E-state index < -0.39 is 48.0 Å². The van der Waals surface area contributed by atoms with E-state index in [1.807, 2.05) is 0 Å². The minimum absolute atomic E-state index is 0.0164. The van der Waals surface area contributed by atoms with Gasteiger partial charge in [0.25, 0.3) is 0 Å². The first-order chi connectivity index (χ1) is 23.0. The van der Waals surface area contributed by atoms with Crippen molar-refractivity contribution in [2.24, 2.45) is 5.92 Å². The molecule has 0 saturated heterocycles. The standard InChI is InChI=1S/C16H27NO6S.C15H29N5O5/c1-5-14(19)17-13(11(4)18)10-24-9-12(23-16(21)7-3)8-22-15(20)6-2;1-8(2)12(20-10(4)22)15(25)19-9(3)13(23)17-7-18-14(24)11(6-21)16-5/h12-13H,5-10H2,1-4H3,(H,17,19);8-9,11-12,16,21H,6-7H2,1-5H3,(H,17,23)(H,18,24)(H,19,25)(H,20,22). The number of carbonyl (C=O) groups is 8. The molecule has 0 rings (SSSR count). The predicted octanol–water partition coefficient (Wildman–Crippen LogP) is -1.10. The molecule has 0 saturated carbocycles. The number of aliphatic hydroxyl groups excluding tert-OH is 1. The van der Waals surface area contributed by atoms with E-state index in [4.69, 9.17) is 14.6 Å². The van der Waals surface area contributed by atoms with Gasteiger partial charge in [0.2, 0.25) is 29.5 Å². The van der Waals surface area contributed by atoms with E-state index in [9.17, 15) is 38.4 Å². The fourth-order valence-corrected chi connectivity index (χ4v) is 4.59. The normalized spacial score (nSPS) is 13.5. The lowest BCUT2D eigenvalue weighted by atomic mass is 10.0. The number of ketones is 1. The predicted molar refractivity (Wildman–Crippen MR) is 183 cm³/mol. The number of thioether (sulfide) groups is 1. The highest BCUT2D eigenvalue weighted by Crippen LogP contribution is 2.11. The van der Waals surface area contributed by atoms with Crippen LogP contribution in [-0.2, 0) is 47.8 Å². The molecule has 17 nitrogen and oxygen atoms in total. The van der Waals surface area contributed by atoms with E-state index in [0.717, 1.165) is 0 Å². The molecule has 0 spiro atoms. The molecular weight excluding hydrogens is 664 g/mol. The van der Waals surface area contributed by atoms with Crippen LogP contribution >= 0.6 is 11.8 Å². The third kappa shape index (κ3) is 22.5. The van der Waals surface area contributed by atoms with Gasteiger partial charge in [0.15, 0.2) is 5.78 Å². The van der Waals surface area contributed by atoms with Gasteiger partial charge in [-0.3, -0.25) is 38.4 Å². The molecule has 5 atom stereocenters. The number of Topliss-reactive ketones (excluding diaryl/α,β-unsaturated/α-hetero) is 1. The fourth-order valence-electron chi connectivity index (χ4n) is 3.47. The minimum atomic E-state index is -0.850. The van der Waals surface area contributed by atoms with Crippen LogP contribution in [0.3, 0.4) is 0 Å². The summed E-state index contributed by atoms with van der Waals surface area (Å²) in [5.74, 6) is -2.25. The lowest BCUT2D eigenvalue weighted by Gasteiger charge is -2.23. The van der Waals surface area contributed by atoms with Crippen molar-refractivity contribution in [1.82, 2.24) is 31.9 Å². The van der Waals surface area contributed by atoms with Gasteiger partial charge in [-0.2, -0.15) is 11.8 Å². The summed E-state index contributed by atoms with van der Waals surface area (Å²) in [6.45, 7) is 12.3. The van der Waals surface area contributed by atoms with Gasteiger partial charge < -0.3 is 46.5 Å². The smallest absolute Gasteiger partial charge is 0.305 e. The van der Waals surface area contributed by atoms with Gasteiger partial charge in [-0.1, -0.05) is 34.6 Å². The Morgan fingerprint density at radius 1 is 0.735 bits per heavy atom. The second-order valence-electron chi connectivity index (χ2n) is 11.1. The van der Waals surface area contributed by atoms with Crippen LogP contribution in [-0.4, -0.2) is 121 Å². The van der Waals surface area contributed by atoms with Crippen LogP contribution in [0.2, 0.25) is 0 Å². The summed E-state index contributed by atoms with van der Waals surface area (Å²) in [6, 6.07) is -2.94. The second kappa shape index (κ2) is 27.1. The van der Waals surface area contributed by atoms with Crippen molar-refractivity contribution in [2.75, 3.05) is 38.4 Å². The average Bonchev–Trinajstić information content (AvgIpc) is 3.05. The first-order valence-electron chi connectivity index (χ1n) is 16.1. The number of nitrogens with one attached hydrogen (secondary N) is 6. The molecule has 282 valence electrons. The number of rotatable bonds is 22. The Balaban J connectivity index is 0. The number of hydrogen-bond acceptors (Lipinski definition) is 13.